The number of amides is 2. The van der Waals surface area contributed by atoms with E-state index in [0.29, 0.717) is 30.2 Å². The molecule has 0 aliphatic heterocycles. The summed E-state index contributed by atoms with van der Waals surface area (Å²) in [6.07, 6.45) is 14.3. The van der Waals surface area contributed by atoms with Gasteiger partial charge in [-0.1, -0.05) is 56.4 Å². The Labute approximate surface area is 176 Å². The minimum absolute atomic E-state index is 0.0224. The summed E-state index contributed by atoms with van der Waals surface area (Å²) in [7, 11) is 0. The molecule has 0 bridgehead atoms. The Balaban J connectivity index is 1.57. The molecule has 3 N–H and O–H groups in total. The van der Waals surface area contributed by atoms with Gasteiger partial charge in [-0.2, -0.15) is 0 Å². The van der Waals surface area contributed by atoms with Crippen LogP contribution < -0.4 is 10.0 Å². The van der Waals surface area contributed by atoms with E-state index in [0.717, 1.165) is 29.9 Å². The second kappa shape index (κ2) is 11.1. The fourth-order valence-corrected chi connectivity index (χ4v) is 5.76. The number of hydrogen-bond acceptors (Lipinski definition) is 6. The molecular formula is C20H32N4O2S2. The van der Waals surface area contributed by atoms with E-state index in [1.807, 2.05) is 0 Å². The van der Waals surface area contributed by atoms with Gasteiger partial charge in [0, 0.05) is 25.0 Å². The zero-order chi connectivity index (χ0) is 19.8. The maximum Gasteiger partial charge on any atom is 0.324 e. The lowest BCUT2D eigenvalue weighted by atomic mass is 9.89. The molecule has 0 spiro atoms. The van der Waals surface area contributed by atoms with Crippen molar-refractivity contribution in [2.24, 2.45) is 0 Å². The molecule has 1 aromatic rings. The predicted molar refractivity (Wildman–Crippen MR) is 117 cm³/mol. The number of carbonyl (C=O) groups excluding carboxylic acids is 1. The summed E-state index contributed by atoms with van der Waals surface area (Å²) in [4.78, 5) is 19.7. The summed E-state index contributed by atoms with van der Waals surface area (Å²) < 4.78 is 4.16. The number of aromatic nitrogens is 1. The minimum atomic E-state index is 0.0224. The summed E-state index contributed by atoms with van der Waals surface area (Å²) in [6.45, 7) is 4.11. The standard InChI is InChI=1S/C20H32N4O2S2/c1-15(25)12-13-22-28-18-14-21-19(27-18)23-20(26)24(16-8-4-2-5-9-16)17-10-6-3-7-11-17/h14,16-17,22,25H,1-13H2,(H,21,23,26). The summed E-state index contributed by atoms with van der Waals surface area (Å²) in [5, 5.41) is 12.8. The molecule has 0 radical (unpaired) electrons. The van der Waals surface area contributed by atoms with Crippen molar-refractivity contribution in [1.82, 2.24) is 14.6 Å². The van der Waals surface area contributed by atoms with Crippen molar-refractivity contribution in [3.8, 4) is 0 Å². The normalized spacial score (nSPS) is 18.7. The Hall–Kier alpha value is -1.25. The third-order valence-electron chi connectivity index (χ3n) is 5.56. The average molecular weight is 425 g/mol. The fraction of sp³-hybridized carbons (Fsp3) is 0.700. The predicted octanol–water partition coefficient (Wildman–Crippen LogP) is 5.70. The Morgan fingerprint density at radius 3 is 2.36 bits per heavy atom. The molecule has 2 saturated carbocycles. The molecule has 156 valence electrons. The molecule has 6 nitrogen and oxygen atoms in total. The first-order valence-corrected chi connectivity index (χ1v) is 12.1. The van der Waals surface area contributed by atoms with Crippen LogP contribution in [-0.2, 0) is 0 Å². The van der Waals surface area contributed by atoms with Crippen LogP contribution in [0.5, 0.6) is 0 Å². The number of anilines is 1. The van der Waals surface area contributed by atoms with Gasteiger partial charge in [-0.3, -0.25) is 10.0 Å². The maximum absolute atomic E-state index is 13.2. The summed E-state index contributed by atoms with van der Waals surface area (Å²) >= 11 is 2.94. The number of aliphatic hydroxyl groups is 1. The number of urea groups is 1. The van der Waals surface area contributed by atoms with Crippen LogP contribution in [0.25, 0.3) is 0 Å². The van der Waals surface area contributed by atoms with E-state index in [9.17, 15) is 4.79 Å². The zero-order valence-electron chi connectivity index (χ0n) is 16.5. The molecule has 0 atom stereocenters. The largest absolute Gasteiger partial charge is 0.513 e. The SMILES string of the molecule is C=C(O)CCNSc1cnc(NC(=O)N(C2CCCCC2)C2CCCCC2)s1. The quantitative estimate of drug-likeness (QED) is 0.283. The van der Waals surface area contributed by atoms with Crippen molar-refractivity contribution in [2.75, 3.05) is 11.9 Å². The van der Waals surface area contributed by atoms with Crippen LogP contribution in [0.1, 0.15) is 70.6 Å². The van der Waals surface area contributed by atoms with Gasteiger partial charge in [0.05, 0.1) is 16.2 Å². The van der Waals surface area contributed by atoms with Gasteiger partial charge in [0.15, 0.2) is 5.13 Å². The highest BCUT2D eigenvalue weighted by atomic mass is 32.2. The van der Waals surface area contributed by atoms with Crippen molar-refractivity contribution in [1.29, 1.82) is 0 Å². The van der Waals surface area contributed by atoms with E-state index < -0.39 is 0 Å². The molecule has 1 aromatic heterocycles. The van der Waals surface area contributed by atoms with Gasteiger partial charge in [-0.25, -0.2) is 9.78 Å². The number of rotatable bonds is 8. The lowest BCUT2D eigenvalue weighted by molar-refractivity contribution is 0.114. The van der Waals surface area contributed by atoms with Crippen molar-refractivity contribution in [2.45, 2.75) is 86.9 Å². The Morgan fingerprint density at radius 1 is 1.18 bits per heavy atom. The molecule has 0 unspecified atom stereocenters. The monoisotopic (exact) mass is 424 g/mol. The first-order chi connectivity index (χ1) is 13.6. The highest BCUT2D eigenvalue weighted by Gasteiger charge is 2.32. The summed E-state index contributed by atoms with van der Waals surface area (Å²) in [5.41, 5.74) is 0. The molecule has 2 aliphatic rings. The fourth-order valence-electron chi connectivity index (χ4n) is 4.19. The van der Waals surface area contributed by atoms with Gasteiger partial charge < -0.3 is 10.0 Å². The van der Waals surface area contributed by atoms with Gasteiger partial charge in [0.25, 0.3) is 0 Å². The highest BCUT2D eigenvalue weighted by Crippen LogP contribution is 2.32. The number of hydrogen-bond donors (Lipinski definition) is 3. The molecule has 3 rings (SSSR count). The van der Waals surface area contributed by atoms with Crippen LogP contribution in [0.4, 0.5) is 9.93 Å². The van der Waals surface area contributed by atoms with Gasteiger partial charge in [0.2, 0.25) is 0 Å². The zero-order valence-corrected chi connectivity index (χ0v) is 18.1. The average Bonchev–Trinajstić information content (AvgIpc) is 3.14. The van der Waals surface area contributed by atoms with E-state index in [4.69, 9.17) is 5.11 Å². The minimum Gasteiger partial charge on any atom is -0.513 e. The van der Waals surface area contributed by atoms with E-state index in [1.54, 1.807) is 6.20 Å². The van der Waals surface area contributed by atoms with Crippen LogP contribution >= 0.6 is 23.3 Å². The van der Waals surface area contributed by atoms with Crippen molar-refractivity contribution in [3.63, 3.8) is 0 Å². The summed E-state index contributed by atoms with van der Waals surface area (Å²) in [5.74, 6) is 0.177. The van der Waals surface area contributed by atoms with Crippen LogP contribution in [0.2, 0.25) is 0 Å². The second-order valence-corrected chi connectivity index (χ2v) is 9.94. The molecule has 2 fully saturated rings. The molecule has 0 aromatic carbocycles. The third kappa shape index (κ3) is 6.39. The van der Waals surface area contributed by atoms with E-state index in [2.05, 4.69) is 26.5 Å². The number of carbonyl (C=O) groups is 1. The van der Waals surface area contributed by atoms with Gasteiger partial charge >= 0.3 is 6.03 Å². The third-order valence-corrected chi connectivity index (χ3v) is 7.42. The van der Waals surface area contributed by atoms with E-state index in [1.165, 1.54) is 61.8 Å². The molecule has 28 heavy (non-hydrogen) atoms. The van der Waals surface area contributed by atoms with E-state index >= 15 is 0 Å². The first kappa shape index (κ1) is 21.5. The molecule has 2 amide bonds. The van der Waals surface area contributed by atoms with Crippen molar-refractivity contribution in [3.05, 3.63) is 18.5 Å². The topological polar surface area (TPSA) is 77.5 Å². The number of nitrogens with one attached hydrogen (secondary N) is 2. The Bertz CT molecular complexity index is 622. The lowest BCUT2D eigenvalue weighted by Crippen LogP contribution is -2.50. The molecule has 8 heteroatoms. The van der Waals surface area contributed by atoms with Gasteiger partial charge in [-0.15, -0.1) is 0 Å². The second-order valence-electron chi connectivity index (χ2n) is 7.72. The van der Waals surface area contributed by atoms with Crippen LogP contribution in [0, 0.1) is 0 Å². The van der Waals surface area contributed by atoms with Crippen LogP contribution in [-0.4, -0.2) is 39.6 Å². The highest BCUT2D eigenvalue weighted by molar-refractivity contribution is 7.99. The lowest BCUT2D eigenvalue weighted by Gasteiger charge is -2.41. The van der Waals surface area contributed by atoms with E-state index in [-0.39, 0.29) is 11.8 Å². The number of nitrogens with zero attached hydrogens (tertiary/aromatic N) is 2. The Kier molecular flexibility index (Phi) is 8.48. The maximum atomic E-state index is 13.2. The summed E-state index contributed by atoms with van der Waals surface area (Å²) in [6, 6.07) is 0.770. The number of thiazole rings is 1. The van der Waals surface area contributed by atoms with Crippen LogP contribution in [0.3, 0.4) is 0 Å². The number of aliphatic hydroxyl groups excluding tert-OH is 1. The van der Waals surface area contributed by atoms with Gasteiger partial charge in [0.1, 0.15) is 0 Å². The van der Waals surface area contributed by atoms with Crippen molar-refractivity contribution < 1.29 is 9.90 Å². The Morgan fingerprint density at radius 2 is 1.79 bits per heavy atom. The van der Waals surface area contributed by atoms with Crippen LogP contribution in [0.15, 0.2) is 22.7 Å². The smallest absolute Gasteiger partial charge is 0.324 e. The van der Waals surface area contributed by atoms with Crippen molar-refractivity contribution >= 4 is 34.4 Å². The molecule has 0 saturated heterocycles. The van der Waals surface area contributed by atoms with Gasteiger partial charge in [-0.05, 0) is 37.6 Å². The first-order valence-electron chi connectivity index (χ1n) is 10.4. The molecular weight excluding hydrogens is 392 g/mol. The molecule has 1 heterocycles. The molecule has 2 aliphatic carbocycles.